The first-order valence-corrected chi connectivity index (χ1v) is 4.98. The van der Waals surface area contributed by atoms with Crippen molar-refractivity contribution in [2.24, 2.45) is 0 Å². The van der Waals surface area contributed by atoms with Gasteiger partial charge in [-0.05, 0) is 18.2 Å². The lowest BCUT2D eigenvalue weighted by Crippen LogP contribution is -2.00. The minimum absolute atomic E-state index is 0.0326. The van der Waals surface area contributed by atoms with Gasteiger partial charge >= 0.3 is 0 Å². The van der Waals surface area contributed by atoms with Crippen LogP contribution in [0.15, 0.2) is 30.5 Å². The molecule has 6 heteroatoms. The Labute approximate surface area is 102 Å². The highest BCUT2D eigenvalue weighted by Crippen LogP contribution is 2.22. The second kappa shape index (κ2) is 4.67. The van der Waals surface area contributed by atoms with E-state index < -0.39 is 11.6 Å². The van der Waals surface area contributed by atoms with Gasteiger partial charge < -0.3 is 11.1 Å². The Morgan fingerprint density at radius 2 is 2.06 bits per heavy atom. The van der Waals surface area contributed by atoms with Crippen LogP contribution in [-0.2, 0) is 0 Å². The van der Waals surface area contributed by atoms with Crippen molar-refractivity contribution < 1.29 is 8.78 Å². The molecule has 0 aliphatic carbocycles. The van der Waals surface area contributed by atoms with Crippen LogP contribution in [0, 0.1) is 23.0 Å². The summed E-state index contributed by atoms with van der Waals surface area (Å²) in [7, 11) is 0. The quantitative estimate of drug-likeness (QED) is 0.853. The summed E-state index contributed by atoms with van der Waals surface area (Å²) in [5.41, 5.74) is 6.02. The molecule has 18 heavy (non-hydrogen) atoms. The molecular formula is C12H8F2N4. The first-order valence-electron chi connectivity index (χ1n) is 4.98. The van der Waals surface area contributed by atoms with E-state index in [-0.39, 0.29) is 17.1 Å². The highest BCUT2D eigenvalue weighted by Gasteiger charge is 2.08. The number of nitrogens with zero attached hydrogens (tertiary/aromatic N) is 2. The molecule has 0 fully saturated rings. The van der Waals surface area contributed by atoms with E-state index in [4.69, 9.17) is 11.0 Å². The number of halogens is 2. The molecule has 2 rings (SSSR count). The molecule has 0 saturated heterocycles. The molecule has 4 nitrogen and oxygen atoms in total. The van der Waals surface area contributed by atoms with Gasteiger partial charge in [0.1, 0.15) is 23.5 Å². The average Bonchev–Trinajstić information content (AvgIpc) is 2.34. The molecule has 0 radical (unpaired) electrons. The molecule has 90 valence electrons. The van der Waals surface area contributed by atoms with Crippen LogP contribution >= 0.6 is 0 Å². The highest BCUT2D eigenvalue weighted by molar-refractivity contribution is 5.65. The lowest BCUT2D eigenvalue weighted by Gasteiger charge is -2.08. The number of nitrogens with one attached hydrogen (secondary N) is 1. The lowest BCUT2D eigenvalue weighted by molar-refractivity contribution is 0.586. The van der Waals surface area contributed by atoms with Crippen LogP contribution in [-0.4, -0.2) is 4.98 Å². The van der Waals surface area contributed by atoms with Gasteiger partial charge in [0, 0.05) is 6.07 Å². The van der Waals surface area contributed by atoms with Crippen LogP contribution in [0.3, 0.4) is 0 Å². The molecule has 0 unspecified atom stereocenters. The zero-order valence-corrected chi connectivity index (χ0v) is 9.11. The fourth-order valence-electron chi connectivity index (χ4n) is 1.38. The molecule has 0 aliphatic rings. The number of nitriles is 1. The van der Waals surface area contributed by atoms with Crippen LogP contribution in [0.5, 0.6) is 0 Å². The Balaban J connectivity index is 2.37. The second-order valence-corrected chi connectivity index (χ2v) is 3.53. The van der Waals surface area contributed by atoms with Crippen LogP contribution in [0.4, 0.5) is 26.0 Å². The number of pyridine rings is 1. The SMILES string of the molecule is N#Cc1cc(N)cnc1Nc1ccc(F)cc1F. The Kier molecular flexibility index (Phi) is 3.06. The molecule has 0 bridgehead atoms. The number of nitrogens with two attached hydrogens (primary N) is 1. The van der Waals surface area contributed by atoms with Crippen molar-refractivity contribution in [2.45, 2.75) is 0 Å². The van der Waals surface area contributed by atoms with Crippen molar-refractivity contribution in [1.82, 2.24) is 4.98 Å². The van der Waals surface area contributed by atoms with Gasteiger partial charge in [-0.1, -0.05) is 0 Å². The van der Waals surface area contributed by atoms with Gasteiger partial charge in [-0.3, -0.25) is 0 Å². The summed E-state index contributed by atoms with van der Waals surface area (Å²) >= 11 is 0. The summed E-state index contributed by atoms with van der Waals surface area (Å²) in [6.07, 6.45) is 1.34. The number of nitrogen functional groups attached to an aromatic ring is 1. The maximum atomic E-state index is 13.4. The molecule has 3 N–H and O–H groups in total. The third-order valence-electron chi connectivity index (χ3n) is 2.21. The van der Waals surface area contributed by atoms with Crippen LogP contribution in [0.25, 0.3) is 0 Å². The normalized spacial score (nSPS) is 9.83. The van der Waals surface area contributed by atoms with Crippen molar-refractivity contribution in [1.29, 1.82) is 5.26 Å². The predicted octanol–water partition coefficient (Wildman–Crippen LogP) is 2.56. The van der Waals surface area contributed by atoms with Crippen LogP contribution < -0.4 is 11.1 Å². The van der Waals surface area contributed by atoms with Gasteiger partial charge in [-0.2, -0.15) is 5.26 Å². The molecule has 0 saturated carbocycles. The van der Waals surface area contributed by atoms with E-state index in [0.717, 1.165) is 12.1 Å². The minimum atomic E-state index is -0.766. The molecule has 0 aliphatic heterocycles. The molecular weight excluding hydrogens is 238 g/mol. The first-order chi connectivity index (χ1) is 8.60. The van der Waals surface area contributed by atoms with Gasteiger partial charge in [0.25, 0.3) is 0 Å². The first kappa shape index (κ1) is 11.8. The number of hydrogen-bond donors (Lipinski definition) is 2. The van der Waals surface area contributed by atoms with Crippen molar-refractivity contribution in [2.75, 3.05) is 11.1 Å². The van der Waals surface area contributed by atoms with Crippen molar-refractivity contribution in [3.8, 4) is 6.07 Å². The van der Waals surface area contributed by atoms with E-state index in [1.54, 1.807) is 0 Å². The monoisotopic (exact) mass is 246 g/mol. The zero-order chi connectivity index (χ0) is 13.1. The van der Waals surface area contributed by atoms with Gasteiger partial charge in [0.15, 0.2) is 0 Å². The standard InChI is InChI=1S/C12H8F2N4/c13-8-1-2-11(10(14)4-8)18-12-7(5-15)3-9(16)6-17-12/h1-4,6H,16H2,(H,17,18). The van der Waals surface area contributed by atoms with Crippen LogP contribution in [0.2, 0.25) is 0 Å². The van der Waals surface area contributed by atoms with E-state index in [9.17, 15) is 8.78 Å². The number of anilines is 3. The zero-order valence-electron chi connectivity index (χ0n) is 9.11. The molecule has 0 atom stereocenters. The van der Waals surface area contributed by atoms with E-state index in [0.29, 0.717) is 5.69 Å². The molecule has 1 heterocycles. The minimum Gasteiger partial charge on any atom is -0.397 e. The summed E-state index contributed by atoms with van der Waals surface area (Å²) in [4.78, 5) is 3.89. The third-order valence-corrected chi connectivity index (χ3v) is 2.21. The van der Waals surface area contributed by atoms with Crippen LogP contribution in [0.1, 0.15) is 5.56 Å². The van der Waals surface area contributed by atoms with Gasteiger partial charge in [-0.15, -0.1) is 0 Å². The molecule has 1 aromatic heterocycles. The summed E-state index contributed by atoms with van der Waals surface area (Å²) in [5, 5.41) is 11.5. The number of aromatic nitrogens is 1. The number of rotatable bonds is 2. The summed E-state index contributed by atoms with van der Waals surface area (Å²) in [6.45, 7) is 0. The summed E-state index contributed by atoms with van der Waals surface area (Å²) in [5.74, 6) is -1.28. The van der Waals surface area contributed by atoms with E-state index in [1.165, 1.54) is 18.3 Å². The Morgan fingerprint density at radius 3 is 2.72 bits per heavy atom. The van der Waals surface area contributed by atoms with E-state index in [1.807, 2.05) is 6.07 Å². The van der Waals surface area contributed by atoms with Gasteiger partial charge in [0.05, 0.1) is 23.1 Å². The van der Waals surface area contributed by atoms with Crippen molar-refractivity contribution in [3.63, 3.8) is 0 Å². The summed E-state index contributed by atoms with van der Waals surface area (Å²) in [6, 6.07) is 6.37. The molecule has 0 spiro atoms. The van der Waals surface area contributed by atoms with E-state index >= 15 is 0 Å². The summed E-state index contributed by atoms with van der Waals surface area (Å²) < 4.78 is 26.1. The fourth-order valence-corrected chi connectivity index (χ4v) is 1.38. The predicted molar refractivity (Wildman–Crippen MR) is 63.0 cm³/mol. The van der Waals surface area contributed by atoms with Gasteiger partial charge in [-0.25, -0.2) is 13.8 Å². The Morgan fingerprint density at radius 1 is 1.28 bits per heavy atom. The Hall–Kier alpha value is -2.68. The Bertz CT molecular complexity index is 634. The maximum Gasteiger partial charge on any atom is 0.149 e. The molecule has 2 aromatic rings. The third kappa shape index (κ3) is 2.35. The highest BCUT2D eigenvalue weighted by atomic mass is 19.1. The smallest absolute Gasteiger partial charge is 0.149 e. The maximum absolute atomic E-state index is 13.4. The topological polar surface area (TPSA) is 74.7 Å². The lowest BCUT2D eigenvalue weighted by atomic mass is 10.2. The van der Waals surface area contributed by atoms with Crippen molar-refractivity contribution >= 4 is 17.2 Å². The number of benzene rings is 1. The fraction of sp³-hybridized carbons (Fsp3) is 0. The average molecular weight is 246 g/mol. The van der Waals surface area contributed by atoms with Crippen molar-refractivity contribution in [3.05, 3.63) is 47.7 Å². The molecule has 0 amide bonds. The second-order valence-electron chi connectivity index (χ2n) is 3.53. The number of hydrogen-bond acceptors (Lipinski definition) is 4. The van der Waals surface area contributed by atoms with E-state index in [2.05, 4.69) is 10.3 Å². The van der Waals surface area contributed by atoms with Gasteiger partial charge in [0.2, 0.25) is 0 Å². The largest absolute Gasteiger partial charge is 0.397 e. The molecule has 1 aromatic carbocycles.